The van der Waals surface area contributed by atoms with Gasteiger partial charge in [-0.1, -0.05) is 60.7 Å². The van der Waals surface area contributed by atoms with Crippen LogP contribution < -0.4 is 9.47 Å². The Hall–Kier alpha value is -4.29. The van der Waals surface area contributed by atoms with Crippen molar-refractivity contribution in [3.05, 3.63) is 108 Å². The summed E-state index contributed by atoms with van der Waals surface area (Å²) in [6, 6.07) is 30.2. The number of nitrogens with zero attached hydrogens (tertiary/aromatic N) is 1. The fourth-order valence-electron chi connectivity index (χ4n) is 4.31. The average Bonchev–Trinajstić information content (AvgIpc) is 3.29. The molecule has 0 bridgehead atoms. The zero-order valence-electron chi connectivity index (χ0n) is 20.0. The van der Waals surface area contributed by atoms with Crippen LogP contribution in [-0.2, 0) is 6.54 Å². The Kier molecular flexibility index (Phi) is 6.87. The van der Waals surface area contributed by atoms with Gasteiger partial charge < -0.3 is 23.9 Å². The van der Waals surface area contributed by atoms with Crippen LogP contribution in [0, 0.1) is 0 Å². The lowest BCUT2D eigenvalue weighted by atomic mass is 10.1. The number of hydrogen-bond acceptors (Lipinski definition) is 5. The second-order valence-electron chi connectivity index (χ2n) is 8.59. The third-order valence-corrected chi connectivity index (χ3v) is 6.06. The third kappa shape index (κ3) is 5.04. The van der Waals surface area contributed by atoms with Gasteiger partial charge in [-0.25, -0.2) is 0 Å². The summed E-state index contributed by atoms with van der Waals surface area (Å²) in [5.41, 5.74) is 3.00. The number of carbonyl (C=O) groups excluding carboxylic acids is 1. The minimum Gasteiger partial charge on any atom is -0.496 e. The first-order chi connectivity index (χ1) is 17.6. The lowest BCUT2D eigenvalue weighted by Crippen LogP contribution is -2.39. The molecule has 1 amide bonds. The van der Waals surface area contributed by atoms with Crippen LogP contribution in [0.4, 0.5) is 0 Å². The predicted molar refractivity (Wildman–Crippen MR) is 139 cm³/mol. The van der Waals surface area contributed by atoms with E-state index in [0.29, 0.717) is 23.6 Å². The van der Waals surface area contributed by atoms with Crippen molar-refractivity contribution in [2.24, 2.45) is 0 Å². The lowest BCUT2D eigenvalue weighted by Gasteiger charge is -2.26. The van der Waals surface area contributed by atoms with Gasteiger partial charge in [0.1, 0.15) is 35.4 Å². The zero-order valence-corrected chi connectivity index (χ0v) is 20.0. The van der Waals surface area contributed by atoms with Crippen molar-refractivity contribution in [3.8, 4) is 11.5 Å². The molecule has 0 aliphatic heterocycles. The van der Waals surface area contributed by atoms with E-state index in [-0.39, 0.29) is 19.1 Å². The van der Waals surface area contributed by atoms with Crippen LogP contribution in [0.25, 0.3) is 21.9 Å². The van der Waals surface area contributed by atoms with Crippen molar-refractivity contribution in [1.82, 2.24) is 4.90 Å². The van der Waals surface area contributed by atoms with Crippen molar-refractivity contribution in [3.63, 3.8) is 0 Å². The van der Waals surface area contributed by atoms with E-state index in [1.807, 2.05) is 78.9 Å². The van der Waals surface area contributed by atoms with Crippen LogP contribution in [0.2, 0.25) is 0 Å². The SMILES string of the molecule is COc1ccccc1C(=O)N(Cc1ccccc1)CC(O)COc1ccc2oc3ccccc3c2c1. The summed E-state index contributed by atoms with van der Waals surface area (Å²) in [5.74, 6) is 0.896. The van der Waals surface area contributed by atoms with E-state index in [1.165, 1.54) is 7.11 Å². The van der Waals surface area contributed by atoms with E-state index < -0.39 is 6.10 Å². The summed E-state index contributed by atoms with van der Waals surface area (Å²) >= 11 is 0. The standard InChI is InChI=1S/C30H27NO5/c1-34-27-13-7-6-12-25(27)30(33)31(18-21-9-3-2-4-10-21)19-22(32)20-35-23-15-16-29-26(17-23)24-11-5-8-14-28(24)36-29/h2-17,22,32H,18-20H2,1H3. The van der Waals surface area contributed by atoms with Gasteiger partial charge in [0.15, 0.2) is 0 Å². The summed E-state index contributed by atoms with van der Waals surface area (Å²) < 4.78 is 17.2. The molecule has 1 unspecified atom stereocenters. The van der Waals surface area contributed by atoms with Gasteiger partial charge in [-0.15, -0.1) is 0 Å². The molecule has 0 spiro atoms. The van der Waals surface area contributed by atoms with Gasteiger partial charge in [-0.05, 0) is 42.0 Å². The molecule has 6 heteroatoms. The Morgan fingerprint density at radius 2 is 1.61 bits per heavy atom. The number of ether oxygens (including phenoxy) is 2. The molecule has 0 radical (unpaired) electrons. The fraction of sp³-hybridized carbons (Fsp3) is 0.167. The molecule has 6 nitrogen and oxygen atoms in total. The van der Waals surface area contributed by atoms with E-state index in [2.05, 4.69) is 0 Å². The van der Waals surface area contributed by atoms with Crippen LogP contribution in [0.15, 0.2) is 101 Å². The van der Waals surface area contributed by atoms with Gasteiger partial charge in [0, 0.05) is 17.3 Å². The molecule has 1 heterocycles. The molecule has 5 aromatic rings. The van der Waals surface area contributed by atoms with Crippen molar-refractivity contribution in [1.29, 1.82) is 0 Å². The quantitative estimate of drug-likeness (QED) is 0.293. The highest BCUT2D eigenvalue weighted by Crippen LogP contribution is 2.31. The van der Waals surface area contributed by atoms with Gasteiger partial charge in [-0.2, -0.15) is 0 Å². The molecule has 5 rings (SSSR count). The normalized spacial score (nSPS) is 11.9. The van der Waals surface area contributed by atoms with E-state index in [0.717, 1.165) is 27.5 Å². The number of carbonyl (C=O) groups is 1. The van der Waals surface area contributed by atoms with Crippen LogP contribution in [0.1, 0.15) is 15.9 Å². The van der Waals surface area contributed by atoms with E-state index in [9.17, 15) is 9.90 Å². The van der Waals surface area contributed by atoms with Crippen molar-refractivity contribution >= 4 is 27.8 Å². The number of amides is 1. The van der Waals surface area contributed by atoms with Crippen molar-refractivity contribution < 1.29 is 23.8 Å². The minimum atomic E-state index is -0.899. The van der Waals surface area contributed by atoms with Crippen LogP contribution in [0.3, 0.4) is 0 Å². The summed E-state index contributed by atoms with van der Waals surface area (Å²) in [6.45, 7) is 0.482. The topological polar surface area (TPSA) is 72.1 Å². The number of hydrogen-bond donors (Lipinski definition) is 1. The molecule has 0 saturated carbocycles. The van der Waals surface area contributed by atoms with E-state index in [4.69, 9.17) is 13.9 Å². The number of methoxy groups -OCH3 is 1. The minimum absolute atomic E-state index is 0.0335. The Morgan fingerprint density at radius 3 is 2.44 bits per heavy atom. The van der Waals surface area contributed by atoms with Gasteiger partial charge in [0.05, 0.1) is 19.2 Å². The number of para-hydroxylation sites is 2. The van der Waals surface area contributed by atoms with Gasteiger partial charge >= 0.3 is 0 Å². The highest BCUT2D eigenvalue weighted by molar-refractivity contribution is 6.05. The van der Waals surface area contributed by atoms with E-state index >= 15 is 0 Å². The maximum absolute atomic E-state index is 13.5. The number of benzene rings is 4. The molecule has 1 atom stereocenters. The first-order valence-electron chi connectivity index (χ1n) is 11.8. The highest BCUT2D eigenvalue weighted by atomic mass is 16.5. The molecule has 0 saturated heterocycles. The van der Waals surface area contributed by atoms with Crippen molar-refractivity contribution in [2.75, 3.05) is 20.3 Å². The highest BCUT2D eigenvalue weighted by Gasteiger charge is 2.23. The number of fused-ring (bicyclic) bond motifs is 3. The summed E-state index contributed by atoms with van der Waals surface area (Å²) in [6.07, 6.45) is -0.899. The average molecular weight is 482 g/mol. The first-order valence-corrected chi connectivity index (χ1v) is 11.8. The molecule has 0 aliphatic carbocycles. The Morgan fingerprint density at radius 1 is 0.889 bits per heavy atom. The number of rotatable bonds is 9. The Labute approximate surface area is 209 Å². The Balaban J connectivity index is 1.32. The van der Waals surface area contributed by atoms with Crippen molar-refractivity contribution in [2.45, 2.75) is 12.6 Å². The summed E-state index contributed by atoms with van der Waals surface area (Å²) in [7, 11) is 1.54. The van der Waals surface area contributed by atoms with Gasteiger partial charge in [-0.3, -0.25) is 4.79 Å². The van der Waals surface area contributed by atoms with Gasteiger partial charge in [0.2, 0.25) is 0 Å². The summed E-state index contributed by atoms with van der Waals surface area (Å²) in [4.78, 5) is 15.1. The monoisotopic (exact) mass is 481 g/mol. The molecular weight excluding hydrogens is 454 g/mol. The number of aliphatic hydroxyl groups is 1. The molecule has 36 heavy (non-hydrogen) atoms. The fourth-order valence-corrected chi connectivity index (χ4v) is 4.31. The number of furan rings is 1. The molecule has 1 aromatic heterocycles. The molecule has 0 fully saturated rings. The molecule has 1 N–H and O–H groups in total. The van der Waals surface area contributed by atoms with Crippen LogP contribution in [-0.4, -0.2) is 42.3 Å². The molecule has 4 aromatic carbocycles. The Bertz CT molecular complexity index is 1480. The molecular formula is C30H27NO5. The molecule has 0 aliphatic rings. The third-order valence-electron chi connectivity index (χ3n) is 6.06. The maximum atomic E-state index is 13.5. The predicted octanol–water partition coefficient (Wildman–Crippen LogP) is 5.68. The number of aliphatic hydroxyl groups excluding tert-OH is 1. The van der Waals surface area contributed by atoms with E-state index in [1.54, 1.807) is 23.1 Å². The zero-order chi connectivity index (χ0) is 24.9. The second-order valence-corrected chi connectivity index (χ2v) is 8.59. The van der Waals surface area contributed by atoms with Crippen LogP contribution in [0.5, 0.6) is 11.5 Å². The van der Waals surface area contributed by atoms with Gasteiger partial charge in [0.25, 0.3) is 5.91 Å². The van der Waals surface area contributed by atoms with Crippen LogP contribution >= 0.6 is 0 Å². The largest absolute Gasteiger partial charge is 0.496 e. The first kappa shape index (κ1) is 23.5. The lowest BCUT2D eigenvalue weighted by molar-refractivity contribution is 0.0480. The summed E-state index contributed by atoms with van der Waals surface area (Å²) in [5, 5.41) is 12.8. The smallest absolute Gasteiger partial charge is 0.258 e. The maximum Gasteiger partial charge on any atom is 0.258 e. The second kappa shape index (κ2) is 10.5. The molecule has 182 valence electrons.